The van der Waals surface area contributed by atoms with E-state index in [2.05, 4.69) is 11.3 Å². The van der Waals surface area contributed by atoms with Crippen molar-refractivity contribution in [3.63, 3.8) is 0 Å². The molecule has 5 nitrogen and oxygen atoms in total. The molecule has 1 aliphatic heterocycles. The molecule has 0 saturated carbocycles. The van der Waals surface area contributed by atoms with Gasteiger partial charge >= 0.3 is 5.97 Å². The maximum Gasteiger partial charge on any atom is 0.333 e. The summed E-state index contributed by atoms with van der Waals surface area (Å²) in [4.78, 5) is 23.2. The lowest BCUT2D eigenvalue weighted by molar-refractivity contribution is -0.136. The van der Waals surface area contributed by atoms with Gasteiger partial charge in [0.1, 0.15) is 0 Å². The van der Waals surface area contributed by atoms with Crippen molar-refractivity contribution in [2.24, 2.45) is 5.73 Å². The Balaban J connectivity index is 0.000000356. The van der Waals surface area contributed by atoms with E-state index in [9.17, 15) is 9.59 Å². The summed E-state index contributed by atoms with van der Waals surface area (Å²) in [5, 5.41) is 0. The van der Waals surface area contributed by atoms with Gasteiger partial charge in [-0.05, 0) is 39.0 Å². The second-order valence-corrected chi connectivity index (χ2v) is 4.46. The minimum atomic E-state index is -0.306. The van der Waals surface area contributed by atoms with Crippen LogP contribution in [0.5, 0.6) is 0 Å². The Bertz CT molecular complexity index is 373. The van der Waals surface area contributed by atoms with Crippen molar-refractivity contribution in [1.82, 2.24) is 4.90 Å². The summed E-state index contributed by atoms with van der Waals surface area (Å²) < 4.78 is 4.53. The van der Waals surface area contributed by atoms with Crippen molar-refractivity contribution < 1.29 is 14.3 Å². The van der Waals surface area contributed by atoms with Crippen LogP contribution in [0.15, 0.2) is 23.9 Å². The van der Waals surface area contributed by atoms with Gasteiger partial charge in [-0.15, -0.1) is 0 Å². The van der Waals surface area contributed by atoms with Crippen LogP contribution in [0.2, 0.25) is 0 Å². The summed E-state index contributed by atoms with van der Waals surface area (Å²) in [7, 11) is 1.36. The van der Waals surface area contributed by atoms with E-state index in [1.54, 1.807) is 18.0 Å². The zero-order valence-corrected chi connectivity index (χ0v) is 12.2. The molecule has 1 unspecified atom stereocenters. The highest BCUT2D eigenvalue weighted by atomic mass is 16.5. The molecule has 1 saturated heterocycles. The van der Waals surface area contributed by atoms with Gasteiger partial charge in [0.2, 0.25) is 5.91 Å². The van der Waals surface area contributed by atoms with Crippen LogP contribution in [-0.2, 0) is 14.3 Å². The Morgan fingerprint density at radius 2 is 2.11 bits per heavy atom. The summed E-state index contributed by atoms with van der Waals surface area (Å²) >= 11 is 0. The number of hydrogen-bond donors (Lipinski definition) is 1. The normalized spacial score (nSPS) is 17.1. The first kappa shape index (κ1) is 17.4. The van der Waals surface area contributed by atoms with E-state index < -0.39 is 0 Å². The van der Waals surface area contributed by atoms with Gasteiger partial charge in [-0.1, -0.05) is 6.58 Å². The minimum absolute atomic E-state index is 0.0888. The summed E-state index contributed by atoms with van der Waals surface area (Å²) in [6.07, 6.45) is 3.28. The Labute approximate surface area is 115 Å². The highest BCUT2D eigenvalue weighted by Crippen LogP contribution is 2.08. The monoisotopic (exact) mass is 268 g/mol. The van der Waals surface area contributed by atoms with Gasteiger partial charge in [-0.2, -0.15) is 0 Å². The largest absolute Gasteiger partial charge is 0.466 e. The van der Waals surface area contributed by atoms with E-state index in [1.165, 1.54) is 7.11 Å². The zero-order valence-electron chi connectivity index (χ0n) is 12.2. The van der Waals surface area contributed by atoms with Crippen molar-refractivity contribution in [1.29, 1.82) is 0 Å². The average Bonchev–Trinajstić information content (AvgIpc) is 2.82. The molecular weight excluding hydrogens is 244 g/mol. The lowest BCUT2D eigenvalue weighted by atomic mass is 10.1. The Kier molecular flexibility index (Phi) is 7.75. The fourth-order valence-electron chi connectivity index (χ4n) is 1.52. The van der Waals surface area contributed by atoms with Crippen LogP contribution in [0.25, 0.3) is 0 Å². The third kappa shape index (κ3) is 5.70. The zero-order chi connectivity index (χ0) is 15.0. The van der Waals surface area contributed by atoms with Crippen LogP contribution in [0, 0.1) is 0 Å². The van der Waals surface area contributed by atoms with E-state index in [0.717, 1.165) is 18.5 Å². The second-order valence-electron chi connectivity index (χ2n) is 4.46. The smallest absolute Gasteiger partial charge is 0.333 e. The SMILES string of the molecule is C=CN1CCCC1=O.COC(=O)C(C)=C(C)C(C)N. The van der Waals surface area contributed by atoms with E-state index >= 15 is 0 Å². The van der Waals surface area contributed by atoms with Crippen molar-refractivity contribution in [3.05, 3.63) is 23.9 Å². The molecular formula is C14H24N2O3. The van der Waals surface area contributed by atoms with Crippen LogP contribution in [0.3, 0.4) is 0 Å². The predicted octanol–water partition coefficient (Wildman–Crippen LogP) is 1.60. The van der Waals surface area contributed by atoms with E-state index in [4.69, 9.17) is 5.73 Å². The van der Waals surface area contributed by atoms with Gasteiger partial charge in [0.15, 0.2) is 0 Å². The number of ether oxygens (including phenoxy) is 1. The number of methoxy groups -OCH3 is 1. The molecule has 0 spiro atoms. The third-order valence-corrected chi connectivity index (χ3v) is 3.10. The average molecular weight is 268 g/mol. The van der Waals surface area contributed by atoms with Crippen molar-refractivity contribution >= 4 is 11.9 Å². The maximum absolute atomic E-state index is 10.9. The van der Waals surface area contributed by atoms with Crippen molar-refractivity contribution in [2.75, 3.05) is 13.7 Å². The summed E-state index contributed by atoms with van der Waals surface area (Å²) in [5.41, 5.74) is 7.04. The van der Waals surface area contributed by atoms with Gasteiger partial charge in [-0.25, -0.2) is 4.79 Å². The molecule has 19 heavy (non-hydrogen) atoms. The number of amides is 1. The molecule has 0 aromatic rings. The number of likely N-dealkylation sites (tertiary alicyclic amines) is 1. The predicted molar refractivity (Wildman–Crippen MR) is 75.2 cm³/mol. The number of nitrogens with two attached hydrogens (primary N) is 1. The molecule has 0 aliphatic carbocycles. The van der Waals surface area contributed by atoms with Crippen LogP contribution < -0.4 is 5.73 Å². The first-order chi connectivity index (χ1) is 8.84. The van der Waals surface area contributed by atoms with Gasteiger partial charge in [0.25, 0.3) is 0 Å². The number of esters is 1. The minimum Gasteiger partial charge on any atom is -0.466 e. The molecule has 1 rings (SSSR count). The maximum atomic E-state index is 10.9. The molecule has 0 aromatic heterocycles. The molecule has 1 heterocycles. The number of carbonyl (C=O) groups excluding carboxylic acids is 2. The molecule has 1 aliphatic rings. The molecule has 0 aromatic carbocycles. The number of rotatable bonds is 3. The van der Waals surface area contributed by atoms with Crippen LogP contribution in [0.4, 0.5) is 0 Å². The number of hydrogen-bond acceptors (Lipinski definition) is 4. The highest BCUT2D eigenvalue weighted by Gasteiger charge is 2.16. The first-order valence-electron chi connectivity index (χ1n) is 6.28. The lowest BCUT2D eigenvalue weighted by Crippen LogP contribution is -2.19. The highest BCUT2D eigenvalue weighted by molar-refractivity contribution is 5.88. The topological polar surface area (TPSA) is 72.6 Å². The standard InChI is InChI=1S/C8H15NO2.C6H9NO/c1-5(7(3)9)6(2)8(10)11-4;1-2-7-5-3-4-6(7)8/h7H,9H2,1-4H3;2H,1,3-5H2. The molecule has 5 heteroatoms. The fourth-order valence-corrected chi connectivity index (χ4v) is 1.52. The summed E-state index contributed by atoms with van der Waals surface area (Å²) in [5.74, 6) is -0.0974. The Morgan fingerprint density at radius 1 is 1.53 bits per heavy atom. The van der Waals surface area contributed by atoms with Gasteiger partial charge in [-0.3, -0.25) is 4.79 Å². The van der Waals surface area contributed by atoms with E-state index in [1.807, 2.05) is 13.8 Å². The van der Waals surface area contributed by atoms with Crippen molar-refractivity contribution in [3.8, 4) is 0 Å². The molecule has 1 amide bonds. The lowest BCUT2D eigenvalue weighted by Gasteiger charge is -2.08. The van der Waals surface area contributed by atoms with Crippen molar-refractivity contribution in [2.45, 2.75) is 39.7 Å². The van der Waals surface area contributed by atoms with Crippen LogP contribution in [0.1, 0.15) is 33.6 Å². The summed E-state index contributed by atoms with van der Waals surface area (Å²) in [6.45, 7) is 9.74. The Morgan fingerprint density at radius 3 is 2.37 bits per heavy atom. The van der Waals surface area contributed by atoms with E-state index in [0.29, 0.717) is 12.0 Å². The van der Waals surface area contributed by atoms with Gasteiger partial charge < -0.3 is 15.4 Å². The molecule has 0 radical (unpaired) electrons. The van der Waals surface area contributed by atoms with Gasteiger partial charge in [0, 0.05) is 24.6 Å². The molecule has 0 bridgehead atoms. The van der Waals surface area contributed by atoms with Crippen LogP contribution >= 0.6 is 0 Å². The second kappa shape index (κ2) is 8.48. The first-order valence-corrected chi connectivity index (χ1v) is 6.28. The molecule has 108 valence electrons. The number of nitrogens with zero attached hydrogens (tertiary/aromatic N) is 1. The number of carbonyl (C=O) groups is 2. The Hall–Kier alpha value is -1.62. The quantitative estimate of drug-likeness (QED) is 0.623. The molecule has 1 fully saturated rings. The summed E-state index contributed by atoms with van der Waals surface area (Å²) in [6, 6.07) is -0.0888. The van der Waals surface area contributed by atoms with E-state index in [-0.39, 0.29) is 17.9 Å². The van der Waals surface area contributed by atoms with Crippen LogP contribution in [-0.4, -0.2) is 36.5 Å². The van der Waals surface area contributed by atoms with Gasteiger partial charge in [0.05, 0.1) is 7.11 Å². The fraction of sp³-hybridized carbons (Fsp3) is 0.571. The molecule has 2 N–H and O–H groups in total. The molecule has 1 atom stereocenters. The third-order valence-electron chi connectivity index (χ3n) is 3.10.